The highest BCUT2D eigenvalue weighted by Crippen LogP contribution is 2.31. The van der Waals surface area contributed by atoms with Gasteiger partial charge >= 0.3 is 0 Å². The third-order valence-electron chi connectivity index (χ3n) is 3.25. The zero-order valence-corrected chi connectivity index (χ0v) is 11.7. The van der Waals surface area contributed by atoms with Crippen LogP contribution in [0.2, 0.25) is 0 Å². The first-order chi connectivity index (χ1) is 9.56. The number of carbonyl (C=O) groups is 2. The maximum atomic E-state index is 11.8. The number of Topliss-reactive ketones (excluding diaryl/α,β-unsaturated/α-hetero) is 1. The van der Waals surface area contributed by atoms with Crippen LogP contribution in [-0.4, -0.2) is 25.4 Å². The first-order valence-corrected chi connectivity index (χ1v) is 6.30. The lowest BCUT2D eigenvalue weighted by Gasteiger charge is -2.31. The van der Waals surface area contributed by atoms with Gasteiger partial charge in [-0.15, -0.1) is 0 Å². The van der Waals surface area contributed by atoms with E-state index in [0.717, 1.165) is 11.3 Å². The van der Waals surface area contributed by atoms with Crippen LogP contribution < -0.4 is 10.1 Å². The maximum Gasteiger partial charge on any atom is 0.206 e. The Hall–Kier alpha value is -2.14. The molecular weight excluding hydrogens is 258 g/mol. The van der Waals surface area contributed by atoms with Gasteiger partial charge in [-0.1, -0.05) is 12.1 Å². The number of hydrogen-bond acceptors (Lipinski definition) is 5. The fraction of sp³-hybridized carbons (Fsp3) is 0.333. The summed E-state index contributed by atoms with van der Waals surface area (Å²) in [5, 5.41) is 3.01. The molecule has 1 heterocycles. The molecule has 2 unspecified atom stereocenters. The number of ketones is 1. The summed E-state index contributed by atoms with van der Waals surface area (Å²) in [6.07, 6.45) is -0.0677. The van der Waals surface area contributed by atoms with E-state index in [1.54, 1.807) is 14.0 Å². The van der Waals surface area contributed by atoms with E-state index in [4.69, 9.17) is 9.47 Å². The molecule has 1 N–H and O–H groups in total. The lowest BCUT2D eigenvalue weighted by molar-refractivity contribution is -0.121. The number of aldehydes is 1. The lowest BCUT2D eigenvalue weighted by atomic mass is 9.93. The van der Waals surface area contributed by atoms with Crippen molar-refractivity contribution >= 4 is 12.1 Å². The summed E-state index contributed by atoms with van der Waals surface area (Å²) < 4.78 is 10.5. The number of methoxy groups -OCH3 is 1. The van der Waals surface area contributed by atoms with Crippen LogP contribution in [0.3, 0.4) is 0 Å². The van der Waals surface area contributed by atoms with Gasteiger partial charge in [0.15, 0.2) is 12.1 Å². The fourth-order valence-corrected chi connectivity index (χ4v) is 2.32. The number of nitrogens with one attached hydrogen (secondary N) is 1. The Balaban J connectivity index is 2.41. The van der Waals surface area contributed by atoms with Crippen LogP contribution in [0.5, 0.6) is 5.75 Å². The Kier molecular flexibility index (Phi) is 4.20. The molecule has 0 aromatic heterocycles. The first kappa shape index (κ1) is 14.3. The van der Waals surface area contributed by atoms with Gasteiger partial charge in [0.1, 0.15) is 11.5 Å². The van der Waals surface area contributed by atoms with Crippen molar-refractivity contribution in [2.24, 2.45) is 0 Å². The normalized spacial score (nSPS) is 22.1. The third-order valence-corrected chi connectivity index (χ3v) is 3.25. The van der Waals surface area contributed by atoms with Crippen LogP contribution in [0, 0.1) is 0 Å². The van der Waals surface area contributed by atoms with Gasteiger partial charge < -0.3 is 9.47 Å². The molecule has 1 aromatic rings. The highest BCUT2D eigenvalue weighted by molar-refractivity contribution is 5.95. The molecule has 2 atom stereocenters. The zero-order chi connectivity index (χ0) is 14.7. The van der Waals surface area contributed by atoms with Gasteiger partial charge in [-0.2, -0.15) is 0 Å². The average Bonchev–Trinajstić information content (AvgIpc) is 2.46. The van der Waals surface area contributed by atoms with E-state index in [0.29, 0.717) is 17.6 Å². The largest absolute Gasteiger partial charge is 0.497 e. The molecule has 1 aliphatic rings. The standard InChI is InChI=1S/C15H17NO4/c1-9(18)14-10(2)20-13(8-17)16-15(14)11-4-6-12(19-3)7-5-11/h4-8,13,15-16H,1-3H3. The molecule has 1 aromatic carbocycles. The van der Waals surface area contributed by atoms with Crippen molar-refractivity contribution < 1.29 is 19.1 Å². The summed E-state index contributed by atoms with van der Waals surface area (Å²) in [4.78, 5) is 22.8. The van der Waals surface area contributed by atoms with Gasteiger partial charge in [0, 0.05) is 0 Å². The second-order valence-corrected chi connectivity index (χ2v) is 4.57. The van der Waals surface area contributed by atoms with E-state index in [1.807, 2.05) is 24.3 Å². The van der Waals surface area contributed by atoms with Gasteiger partial charge in [-0.3, -0.25) is 14.9 Å². The monoisotopic (exact) mass is 275 g/mol. The Morgan fingerprint density at radius 1 is 1.35 bits per heavy atom. The quantitative estimate of drug-likeness (QED) is 0.848. The van der Waals surface area contributed by atoms with Crippen molar-refractivity contribution in [3.63, 3.8) is 0 Å². The molecule has 1 aliphatic heterocycles. The van der Waals surface area contributed by atoms with Crippen LogP contribution in [0.25, 0.3) is 0 Å². The number of rotatable bonds is 4. The van der Waals surface area contributed by atoms with E-state index < -0.39 is 6.23 Å². The summed E-state index contributed by atoms with van der Waals surface area (Å²) in [7, 11) is 1.59. The van der Waals surface area contributed by atoms with Crippen LogP contribution >= 0.6 is 0 Å². The van der Waals surface area contributed by atoms with E-state index >= 15 is 0 Å². The van der Waals surface area contributed by atoms with Gasteiger partial charge in [0.2, 0.25) is 6.23 Å². The number of hydrogen-bond donors (Lipinski definition) is 1. The van der Waals surface area contributed by atoms with Gasteiger partial charge in [0.25, 0.3) is 0 Å². The molecule has 0 amide bonds. The third kappa shape index (κ3) is 2.72. The fourth-order valence-electron chi connectivity index (χ4n) is 2.32. The maximum absolute atomic E-state index is 11.8. The molecule has 0 aliphatic carbocycles. The summed E-state index contributed by atoms with van der Waals surface area (Å²) >= 11 is 0. The average molecular weight is 275 g/mol. The number of ether oxygens (including phenoxy) is 2. The smallest absolute Gasteiger partial charge is 0.206 e. The molecule has 0 spiro atoms. The molecule has 0 radical (unpaired) electrons. The molecule has 5 heteroatoms. The molecule has 0 saturated heterocycles. The molecule has 0 fully saturated rings. The van der Waals surface area contributed by atoms with Crippen LogP contribution in [-0.2, 0) is 14.3 Å². The second kappa shape index (κ2) is 5.88. The SMILES string of the molecule is COc1ccc(C2NC(C=O)OC(C)=C2C(C)=O)cc1. The van der Waals surface area contributed by atoms with Gasteiger partial charge in [-0.25, -0.2) is 0 Å². The molecular formula is C15H17NO4. The van der Waals surface area contributed by atoms with E-state index in [1.165, 1.54) is 6.92 Å². The summed E-state index contributed by atoms with van der Waals surface area (Å²) in [6, 6.07) is 6.99. The van der Waals surface area contributed by atoms with E-state index in [9.17, 15) is 9.59 Å². The zero-order valence-electron chi connectivity index (χ0n) is 11.7. The summed E-state index contributed by atoms with van der Waals surface area (Å²) in [6.45, 7) is 3.19. The minimum absolute atomic E-state index is 0.0832. The Morgan fingerprint density at radius 3 is 2.50 bits per heavy atom. The highest BCUT2D eigenvalue weighted by Gasteiger charge is 2.31. The molecule has 5 nitrogen and oxygen atoms in total. The predicted octanol–water partition coefficient (Wildman–Crippen LogP) is 1.74. The number of benzene rings is 1. The second-order valence-electron chi connectivity index (χ2n) is 4.57. The van der Waals surface area contributed by atoms with Crippen molar-refractivity contribution in [2.75, 3.05) is 7.11 Å². The number of carbonyl (C=O) groups excluding carboxylic acids is 2. The van der Waals surface area contributed by atoms with Crippen LogP contribution in [0.1, 0.15) is 25.5 Å². The molecule has 0 saturated carbocycles. The minimum atomic E-state index is -0.745. The molecule has 2 rings (SSSR count). The van der Waals surface area contributed by atoms with E-state index in [-0.39, 0.29) is 11.8 Å². The number of allylic oxidation sites excluding steroid dienone is 1. The minimum Gasteiger partial charge on any atom is -0.497 e. The van der Waals surface area contributed by atoms with Crippen molar-refractivity contribution in [3.05, 3.63) is 41.2 Å². The van der Waals surface area contributed by atoms with Gasteiger partial charge in [0.05, 0.1) is 18.7 Å². The molecule has 20 heavy (non-hydrogen) atoms. The molecule has 0 bridgehead atoms. The van der Waals surface area contributed by atoms with Crippen LogP contribution in [0.4, 0.5) is 0 Å². The van der Waals surface area contributed by atoms with Gasteiger partial charge in [-0.05, 0) is 31.5 Å². The first-order valence-electron chi connectivity index (χ1n) is 6.30. The van der Waals surface area contributed by atoms with Crippen molar-refractivity contribution in [1.82, 2.24) is 5.32 Å². The topological polar surface area (TPSA) is 64.6 Å². The summed E-state index contributed by atoms with van der Waals surface area (Å²) in [5.74, 6) is 1.13. The summed E-state index contributed by atoms with van der Waals surface area (Å²) in [5.41, 5.74) is 1.42. The highest BCUT2D eigenvalue weighted by atomic mass is 16.5. The van der Waals surface area contributed by atoms with E-state index in [2.05, 4.69) is 5.32 Å². The lowest BCUT2D eigenvalue weighted by Crippen LogP contribution is -2.42. The van der Waals surface area contributed by atoms with Crippen molar-refractivity contribution in [1.29, 1.82) is 0 Å². The van der Waals surface area contributed by atoms with Crippen molar-refractivity contribution in [2.45, 2.75) is 26.1 Å². The van der Waals surface area contributed by atoms with Crippen molar-refractivity contribution in [3.8, 4) is 5.75 Å². The van der Waals surface area contributed by atoms with Crippen LogP contribution in [0.15, 0.2) is 35.6 Å². The Bertz CT molecular complexity index is 547. The molecule has 106 valence electrons. The Morgan fingerprint density at radius 2 is 2.00 bits per heavy atom. The Labute approximate surface area is 117 Å². The predicted molar refractivity (Wildman–Crippen MR) is 73.2 cm³/mol.